The lowest BCUT2D eigenvalue weighted by Crippen LogP contribution is -2.38. The Morgan fingerprint density at radius 3 is 2.65 bits per heavy atom. The molecule has 2 fully saturated rings. The van der Waals surface area contributed by atoms with E-state index in [-0.39, 0.29) is 12.5 Å². The minimum absolute atomic E-state index is 0.0159. The number of rotatable bonds is 5. The first-order valence-corrected chi connectivity index (χ1v) is 9.75. The van der Waals surface area contributed by atoms with Crippen molar-refractivity contribution in [2.24, 2.45) is 5.92 Å². The number of aliphatic hydroxyl groups excluding tert-OH is 1. The molecule has 1 saturated carbocycles. The number of hydrogen-bond donors (Lipinski definition) is 1. The summed E-state index contributed by atoms with van der Waals surface area (Å²) < 4.78 is 2.17. The summed E-state index contributed by atoms with van der Waals surface area (Å²) >= 11 is 1.52. The molecular formula is C17H27N3O2S. The normalized spacial score (nSPS) is 20.3. The zero-order valence-corrected chi connectivity index (χ0v) is 14.7. The molecule has 1 aromatic heterocycles. The topological polar surface area (TPSA) is 58.4 Å². The fraction of sp³-hybridized carbons (Fsp3) is 0.765. The van der Waals surface area contributed by atoms with Crippen LogP contribution in [0.2, 0.25) is 0 Å². The van der Waals surface area contributed by atoms with Crippen LogP contribution in [-0.2, 0) is 11.4 Å². The van der Waals surface area contributed by atoms with Gasteiger partial charge in [-0.1, -0.05) is 31.5 Å². The van der Waals surface area contributed by atoms with Crippen molar-refractivity contribution in [2.75, 3.05) is 18.8 Å². The molecule has 0 spiro atoms. The van der Waals surface area contributed by atoms with Gasteiger partial charge in [0, 0.05) is 19.1 Å². The molecule has 0 unspecified atom stereocenters. The molecule has 5 nitrogen and oxygen atoms in total. The van der Waals surface area contributed by atoms with Crippen LogP contribution in [0.4, 0.5) is 0 Å². The summed E-state index contributed by atoms with van der Waals surface area (Å²) in [5.74, 6) is 1.40. The van der Waals surface area contributed by atoms with Gasteiger partial charge in [0.25, 0.3) is 0 Å². The molecule has 128 valence electrons. The van der Waals surface area contributed by atoms with Gasteiger partial charge in [-0.2, -0.15) is 0 Å². The fourth-order valence-electron chi connectivity index (χ4n) is 3.63. The number of likely N-dealkylation sites (tertiary alicyclic amines) is 1. The molecular weight excluding hydrogens is 310 g/mol. The van der Waals surface area contributed by atoms with Gasteiger partial charge in [0.2, 0.25) is 5.91 Å². The molecule has 6 heteroatoms. The van der Waals surface area contributed by atoms with Gasteiger partial charge in [0.05, 0.1) is 24.3 Å². The second-order valence-electron chi connectivity index (χ2n) is 6.85. The maximum atomic E-state index is 12.4. The van der Waals surface area contributed by atoms with Gasteiger partial charge < -0.3 is 14.6 Å². The fourth-order valence-corrected chi connectivity index (χ4v) is 4.60. The van der Waals surface area contributed by atoms with E-state index in [1.807, 2.05) is 4.90 Å². The molecule has 1 amide bonds. The lowest BCUT2D eigenvalue weighted by atomic mass is 9.99. The lowest BCUT2D eigenvalue weighted by molar-refractivity contribution is -0.129. The monoisotopic (exact) mass is 337 g/mol. The van der Waals surface area contributed by atoms with Gasteiger partial charge in [-0.25, -0.2) is 4.98 Å². The van der Waals surface area contributed by atoms with Crippen LogP contribution < -0.4 is 0 Å². The van der Waals surface area contributed by atoms with E-state index in [9.17, 15) is 9.90 Å². The Balaban J connectivity index is 1.61. The minimum atomic E-state index is 0.0159. The average molecular weight is 337 g/mol. The molecule has 0 bridgehead atoms. The number of aliphatic hydroxyl groups is 1. The molecule has 0 radical (unpaired) electrons. The van der Waals surface area contributed by atoms with Crippen LogP contribution in [0.25, 0.3) is 0 Å². The largest absolute Gasteiger partial charge is 0.390 e. The number of aromatic nitrogens is 2. The summed E-state index contributed by atoms with van der Waals surface area (Å²) in [6.45, 7) is 4.05. The Morgan fingerprint density at radius 1 is 1.30 bits per heavy atom. The van der Waals surface area contributed by atoms with E-state index in [0.717, 1.165) is 55.5 Å². The second kappa shape index (κ2) is 7.71. The van der Waals surface area contributed by atoms with Crippen LogP contribution >= 0.6 is 11.8 Å². The van der Waals surface area contributed by atoms with Gasteiger partial charge in [0.15, 0.2) is 5.16 Å². The molecule has 0 aromatic carbocycles. The average Bonchev–Trinajstić information content (AvgIpc) is 3.21. The minimum Gasteiger partial charge on any atom is -0.390 e. The van der Waals surface area contributed by atoms with Crippen molar-refractivity contribution in [1.82, 2.24) is 14.5 Å². The molecule has 2 heterocycles. The van der Waals surface area contributed by atoms with Gasteiger partial charge in [0.1, 0.15) is 0 Å². The van der Waals surface area contributed by atoms with Crippen molar-refractivity contribution in [3.05, 3.63) is 11.9 Å². The summed E-state index contributed by atoms with van der Waals surface area (Å²) in [7, 11) is 0. The molecule has 1 N–H and O–H groups in total. The molecule has 3 rings (SSSR count). The Kier molecular flexibility index (Phi) is 5.64. The molecule has 0 atom stereocenters. The number of carbonyl (C=O) groups is 1. The smallest absolute Gasteiger partial charge is 0.233 e. The van der Waals surface area contributed by atoms with Crippen LogP contribution in [0.1, 0.15) is 57.2 Å². The van der Waals surface area contributed by atoms with E-state index in [1.165, 1.54) is 24.6 Å². The Morgan fingerprint density at radius 2 is 2.00 bits per heavy atom. The predicted octanol–water partition coefficient (Wildman–Crippen LogP) is 2.84. The molecule has 1 saturated heterocycles. The lowest BCUT2D eigenvalue weighted by Gasteiger charge is -2.30. The summed E-state index contributed by atoms with van der Waals surface area (Å²) in [5.41, 5.74) is 0.874. The van der Waals surface area contributed by atoms with Gasteiger partial charge in [-0.3, -0.25) is 4.79 Å². The first-order chi connectivity index (χ1) is 11.2. The van der Waals surface area contributed by atoms with Crippen LogP contribution in [0.3, 0.4) is 0 Å². The third-order valence-electron chi connectivity index (χ3n) is 5.15. The van der Waals surface area contributed by atoms with E-state index in [2.05, 4.69) is 16.5 Å². The van der Waals surface area contributed by atoms with Gasteiger partial charge in [-0.05, 0) is 31.6 Å². The van der Waals surface area contributed by atoms with Crippen molar-refractivity contribution in [2.45, 2.75) is 63.3 Å². The highest BCUT2D eigenvalue weighted by Gasteiger charge is 2.24. The quantitative estimate of drug-likeness (QED) is 0.840. The van der Waals surface area contributed by atoms with Crippen LogP contribution in [0, 0.1) is 5.92 Å². The number of nitrogens with zero attached hydrogens (tertiary/aromatic N) is 3. The molecule has 1 aromatic rings. The van der Waals surface area contributed by atoms with E-state index in [4.69, 9.17) is 0 Å². The van der Waals surface area contributed by atoms with E-state index in [0.29, 0.717) is 11.8 Å². The predicted molar refractivity (Wildman–Crippen MR) is 91.4 cm³/mol. The third kappa shape index (κ3) is 3.91. The van der Waals surface area contributed by atoms with Crippen molar-refractivity contribution >= 4 is 17.7 Å². The number of amides is 1. The summed E-state index contributed by atoms with van der Waals surface area (Å²) in [4.78, 5) is 18.9. The van der Waals surface area contributed by atoms with Gasteiger partial charge >= 0.3 is 0 Å². The molecule has 1 aliphatic heterocycles. The number of piperidine rings is 1. The second-order valence-corrected chi connectivity index (χ2v) is 7.79. The van der Waals surface area contributed by atoms with Crippen LogP contribution in [-0.4, -0.2) is 44.3 Å². The summed E-state index contributed by atoms with van der Waals surface area (Å²) in [6, 6.07) is 0.438. The van der Waals surface area contributed by atoms with Crippen molar-refractivity contribution < 1.29 is 9.90 Å². The van der Waals surface area contributed by atoms with E-state index >= 15 is 0 Å². The van der Waals surface area contributed by atoms with Gasteiger partial charge in [-0.15, -0.1) is 0 Å². The molecule has 2 aliphatic rings. The number of thioether (sulfide) groups is 1. The Labute approximate surface area is 142 Å². The number of carbonyl (C=O) groups excluding carboxylic acids is 1. The highest BCUT2D eigenvalue weighted by Crippen LogP contribution is 2.34. The summed E-state index contributed by atoms with van der Waals surface area (Å²) in [5, 5.41) is 10.4. The Hall–Kier alpha value is -1.01. The first-order valence-electron chi connectivity index (χ1n) is 8.76. The van der Waals surface area contributed by atoms with Crippen molar-refractivity contribution in [1.29, 1.82) is 0 Å². The highest BCUT2D eigenvalue weighted by molar-refractivity contribution is 7.99. The summed E-state index contributed by atoms with van der Waals surface area (Å²) in [6.07, 6.45) is 8.76. The van der Waals surface area contributed by atoms with Crippen LogP contribution in [0.5, 0.6) is 0 Å². The van der Waals surface area contributed by atoms with Crippen LogP contribution in [0.15, 0.2) is 11.4 Å². The molecule has 23 heavy (non-hydrogen) atoms. The highest BCUT2D eigenvalue weighted by atomic mass is 32.2. The van der Waals surface area contributed by atoms with E-state index < -0.39 is 0 Å². The SMILES string of the molecule is CC1CCN(C(=O)CSc2ncc(CO)n2C2CCCC2)CC1. The molecule has 1 aliphatic carbocycles. The number of hydrogen-bond acceptors (Lipinski definition) is 4. The van der Waals surface area contributed by atoms with Crippen molar-refractivity contribution in [3.8, 4) is 0 Å². The van der Waals surface area contributed by atoms with Crippen molar-refractivity contribution in [3.63, 3.8) is 0 Å². The van der Waals surface area contributed by atoms with E-state index in [1.54, 1.807) is 6.20 Å². The standard InChI is InChI=1S/C17H27N3O2S/c1-13-6-8-19(9-7-13)16(22)12-23-17-18-10-15(11-21)20(17)14-4-2-3-5-14/h10,13-14,21H,2-9,11-12H2,1H3. The first kappa shape index (κ1) is 16.8. The maximum Gasteiger partial charge on any atom is 0.233 e. The third-order valence-corrected chi connectivity index (χ3v) is 6.10. The zero-order valence-electron chi connectivity index (χ0n) is 13.9. The maximum absolute atomic E-state index is 12.4. The zero-order chi connectivity index (χ0) is 16.2. The number of imidazole rings is 1. The Bertz CT molecular complexity index is 532.